The molecule has 0 aliphatic carbocycles. The third-order valence-corrected chi connectivity index (χ3v) is 3.79. The summed E-state index contributed by atoms with van der Waals surface area (Å²) < 4.78 is 4.96. The number of piperidine rings is 1. The first-order valence-corrected chi connectivity index (χ1v) is 7.35. The van der Waals surface area contributed by atoms with E-state index in [4.69, 9.17) is 4.74 Å². The van der Waals surface area contributed by atoms with E-state index in [1.807, 2.05) is 14.0 Å². The van der Waals surface area contributed by atoms with Gasteiger partial charge in [-0.2, -0.15) is 0 Å². The van der Waals surface area contributed by atoms with Crippen LogP contribution < -0.4 is 10.6 Å². The smallest absolute Gasteiger partial charge is 0.237 e. The normalized spacial score (nSPS) is 21.4. The summed E-state index contributed by atoms with van der Waals surface area (Å²) in [5.41, 5.74) is 0. The number of ether oxygens (including phenoxy) is 1. The Morgan fingerprint density at radius 1 is 1.53 bits per heavy atom. The van der Waals surface area contributed by atoms with E-state index in [0.717, 1.165) is 19.5 Å². The summed E-state index contributed by atoms with van der Waals surface area (Å²) in [6, 6.07) is 0.453. The van der Waals surface area contributed by atoms with Crippen LogP contribution in [0.4, 0.5) is 0 Å². The van der Waals surface area contributed by atoms with Crippen LogP contribution in [0.1, 0.15) is 32.6 Å². The van der Waals surface area contributed by atoms with E-state index in [0.29, 0.717) is 19.2 Å². The van der Waals surface area contributed by atoms with Crippen LogP contribution in [0.5, 0.6) is 0 Å². The predicted octanol–water partition coefficient (Wildman–Crippen LogP) is 0.602. The van der Waals surface area contributed by atoms with Gasteiger partial charge >= 0.3 is 0 Å². The highest BCUT2D eigenvalue weighted by Crippen LogP contribution is 2.09. The molecule has 1 amide bonds. The number of amides is 1. The largest absolute Gasteiger partial charge is 0.385 e. The second-order valence-electron chi connectivity index (χ2n) is 5.40. The summed E-state index contributed by atoms with van der Waals surface area (Å²) in [4.78, 5) is 14.1. The Morgan fingerprint density at radius 3 is 2.95 bits per heavy atom. The van der Waals surface area contributed by atoms with Crippen molar-refractivity contribution in [2.75, 3.05) is 40.4 Å². The van der Waals surface area contributed by atoms with Crippen LogP contribution in [0.25, 0.3) is 0 Å². The molecule has 2 unspecified atom stereocenters. The average molecular weight is 271 g/mol. The lowest BCUT2D eigenvalue weighted by Gasteiger charge is -2.31. The molecule has 2 N–H and O–H groups in total. The molecule has 19 heavy (non-hydrogen) atoms. The SMILES string of the molecule is COCCCNC(=O)C(C)N(C)CC1CCCCN1. The van der Waals surface area contributed by atoms with Gasteiger partial charge < -0.3 is 15.4 Å². The molecule has 2 atom stereocenters. The van der Waals surface area contributed by atoms with Crippen molar-refractivity contribution in [1.82, 2.24) is 15.5 Å². The van der Waals surface area contributed by atoms with Gasteiger partial charge in [-0.05, 0) is 39.8 Å². The molecule has 1 saturated heterocycles. The Hall–Kier alpha value is -0.650. The first-order chi connectivity index (χ1) is 9.15. The molecule has 0 aromatic rings. The van der Waals surface area contributed by atoms with Crippen LogP contribution in [-0.2, 0) is 9.53 Å². The molecule has 0 spiro atoms. The summed E-state index contributed by atoms with van der Waals surface area (Å²) >= 11 is 0. The lowest BCUT2D eigenvalue weighted by Crippen LogP contribution is -2.49. The minimum Gasteiger partial charge on any atom is -0.385 e. The molecule has 112 valence electrons. The molecule has 5 heteroatoms. The number of likely N-dealkylation sites (N-methyl/N-ethyl adjacent to an activating group) is 1. The summed E-state index contributed by atoms with van der Waals surface area (Å²) in [6.45, 7) is 5.39. The van der Waals surface area contributed by atoms with Gasteiger partial charge in [0.1, 0.15) is 0 Å². The molecule has 0 radical (unpaired) electrons. The highest BCUT2D eigenvalue weighted by atomic mass is 16.5. The molecular weight excluding hydrogens is 242 g/mol. The van der Waals surface area contributed by atoms with E-state index in [-0.39, 0.29) is 11.9 Å². The van der Waals surface area contributed by atoms with Gasteiger partial charge in [-0.3, -0.25) is 9.69 Å². The molecular formula is C14H29N3O2. The maximum absolute atomic E-state index is 12.0. The van der Waals surface area contributed by atoms with Gasteiger partial charge in [0.2, 0.25) is 5.91 Å². The van der Waals surface area contributed by atoms with Crippen LogP contribution in [-0.4, -0.2) is 63.3 Å². The third kappa shape index (κ3) is 6.36. The number of methoxy groups -OCH3 is 1. The van der Waals surface area contributed by atoms with Crippen LogP contribution in [0.2, 0.25) is 0 Å². The second-order valence-corrected chi connectivity index (χ2v) is 5.40. The van der Waals surface area contributed by atoms with E-state index in [2.05, 4.69) is 15.5 Å². The van der Waals surface area contributed by atoms with E-state index >= 15 is 0 Å². The Labute approximate surface area is 117 Å². The Kier molecular flexibility index (Phi) is 8.02. The second kappa shape index (κ2) is 9.28. The molecule has 0 aromatic heterocycles. The average Bonchev–Trinajstić information content (AvgIpc) is 2.43. The molecule has 0 bridgehead atoms. The number of nitrogens with one attached hydrogen (secondary N) is 2. The van der Waals surface area contributed by atoms with Crippen molar-refractivity contribution in [3.8, 4) is 0 Å². The maximum Gasteiger partial charge on any atom is 0.237 e. The zero-order chi connectivity index (χ0) is 14.1. The Bertz CT molecular complexity index is 255. The third-order valence-electron chi connectivity index (χ3n) is 3.79. The quantitative estimate of drug-likeness (QED) is 0.635. The fourth-order valence-corrected chi connectivity index (χ4v) is 2.36. The zero-order valence-corrected chi connectivity index (χ0v) is 12.6. The predicted molar refractivity (Wildman–Crippen MR) is 77.2 cm³/mol. The summed E-state index contributed by atoms with van der Waals surface area (Å²) in [5, 5.41) is 6.47. The van der Waals surface area contributed by atoms with Crippen LogP contribution >= 0.6 is 0 Å². The zero-order valence-electron chi connectivity index (χ0n) is 12.6. The number of nitrogens with zero attached hydrogens (tertiary/aromatic N) is 1. The summed E-state index contributed by atoms with van der Waals surface area (Å²) in [5.74, 6) is 0.106. The molecule has 0 saturated carbocycles. The topological polar surface area (TPSA) is 53.6 Å². The minimum absolute atomic E-state index is 0.0775. The number of hydrogen-bond acceptors (Lipinski definition) is 4. The van der Waals surface area contributed by atoms with Gasteiger partial charge in [0.05, 0.1) is 6.04 Å². The lowest BCUT2D eigenvalue weighted by atomic mass is 10.0. The Balaban J connectivity index is 2.21. The number of carbonyl (C=O) groups excluding carboxylic acids is 1. The monoisotopic (exact) mass is 271 g/mol. The van der Waals surface area contributed by atoms with Gasteiger partial charge in [-0.25, -0.2) is 0 Å². The van der Waals surface area contributed by atoms with Crippen molar-refractivity contribution in [2.24, 2.45) is 0 Å². The van der Waals surface area contributed by atoms with Gasteiger partial charge in [0, 0.05) is 32.8 Å². The maximum atomic E-state index is 12.0. The first-order valence-electron chi connectivity index (χ1n) is 7.35. The van der Waals surface area contributed by atoms with E-state index < -0.39 is 0 Å². The number of carbonyl (C=O) groups is 1. The van der Waals surface area contributed by atoms with Crippen LogP contribution in [0, 0.1) is 0 Å². The van der Waals surface area contributed by atoms with Crippen LogP contribution in [0.15, 0.2) is 0 Å². The molecule has 5 nitrogen and oxygen atoms in total. The van der Waals surface area contributed by atoms with Crippen LogP contribution in [0.3, 0.4) is 0 Å². The number of hydrogen-bond donors (Lipinski definition) is 2. The molecule has 0 aromatic carbocycles. The first kappa shape index (κ1) is 16.4. The van der Waals surface area contributed by atoms with Crippen molar-refractivity contribution >= 4 is 5.91 Å². The summed E-state index contributed by atoms with van der Waals surface area (Å²) in [6.07, 6.45) is 4.65. The fourth-order valence-electron chi connectivity index (χ4n) is 2.36. The van der Waals surface area contributed by atoms with E-state index in [1.165, 1.54) is 19.3 Å². The van der Waals surface area contributed by atoms with Gasteiger partial charge in [-0.15, -0.1) is 0 Å². The highest BCUT2D eigenvalue weighted by molar-refractivity contribution is 5.81. The van der Waals surface area contributed by atoms with Crippen molar-refractivity contribution in [3.63, 3.8) is 0 Å². The van der Waals surface area contributed by atoms with E-state index in [9.17, 15) is 4.79 Å². The molecule has 1 aliphatic heterocycles. The summed E-state index contributed by atoms with van der Waals surface area (Å²) in [7, 11) is 3.70. The Morgan fingerprint density at radius 2 is 2.32 bits per heavy atom. The molecule has 1 rings (SSSR count). The van der Waals surface area contributed by atoms with Gasteiger partial charge in [0.25, 0.3) is 0 Å². The van der Waals surface area contributed by atoms with Gasteiger partial charge in [0.15, 0.2) is 0 Å². The highest BCUT2D eigenvalue weighted by Gasteiger charge is 2.21. The standard InChI is InChI=1S/C14H29N3O2/c1-12(14(18)16-9-6-10-19-3)17(2)11-13-7-4-5-8-15-13/h12-13,15H,4-11H2,1-3H3,(H,16,18). The van der Waals surface area contributed by atoms with Gasteiger partial charge in [-0.1, -0.05) is 6.42 Å². The fraction of sp³-hybridized carbons (Fsp3) is 0.929. The van der Waals surface area contributed by atoms with Crippen molar-refractivity contribution in [3.05, 3.63) is 0 Å². The molecule has 1 fully saturated rings. The molecule has 1 heterocycles. The van der Waals surface area contributed by atoms with Crippen molar-refractivity contribution < 1.29 is 9.53 Å². The number of rotatable bonds is 8. The van der Waals surface area contributed by atoms with Crippen molar-refractivity contribution in [2.45, 2.75) is 44.7 Å². The molecule has 1 aliphatic rings. The van der Waals surface area contributed by atoms with Crippen molar-refractivity contribution in [1.29, 1.82) is 0 Å². The minimum atomic E-state index is -0.0775. The lowest BCUT2D eigenvalue weighted by molar-refractivity contribution is -0.125. The van der Waals surface area contributed by atoms with E-state index in [1.54, 1.807) is 7.11 Å².